The Morgan fingerprint density at radius 1 is 1.29 bits per heavy atom. The van der Waals surface area contributed by atoms with Gasteiger partial charge in [-0.3, -0.25) is 4.68 Å². The monoisotopic (exact) mass is 205 g/mol. The summed E-state index contributed by atoms with van der Waals surface area (Å²) in [5.74, 6) is 0.581. The van der Waals surface area contributed by atoms with Crippen molar-refractivity contribution < 1.29 is 13.2 Å². The third kappa shape index (κ3) is 1.17. The van der Waals surface area contributed by atoms with E-state index in [1.54, 1.807) is 11.9 Å². The molecule has 3 nitrogen and oxygen atoms in total. The molecule has 1 aromatic rings. The van der Waals surface area contributed by atoms with Crippen LogP contribution in [-0.2, 0) is 19.6 Å². The highest BCUT2D eigenvalue weighted by Gasteiger charge is 2.40. The van der Waals surface area contributed by atoms with Crippen molar-refractivity contribution >= 4 is 5.82 Å². The Labute approximate surface area is 79.1 Å². The second-order valence-electron chi connectivity index (χ2n) is 3.44. The van der Waals surface area contributed by atoms with Crippen LogP contribution in [0.3, 0.4) is 0 Å². The maximum atomic E-state index is 12.5. The summed E-state index contributed by atoms with van der Waals surface area (Å²) in [4.78, 5) is 1.79. The van der Waals surface area contributed by atoms with E-state index >= 15 is 0 Å². The fourth-order valence-electron chi connectivity index (χ4n) is 1.88. The minimum Gasteiger partial charge on any atom is -0.359 e. The zero-order chi connectivity index (χ0) is 10.5. The number of alkyl halides is 3. The molecule has 0 fully saturated rings. The third-order valence-electron chi connectivity index (χ3n) is 2.44. The van der Waals surface area contributed by atoms with Crippen molar-refractivity contribution in [3.05, 3.63) is 11.3 Å². The SMILES string of the molecule is CN1CCc2c(C(F)(F)F)nn(C)c21. The second kappa shape index (κ2) is 2.65. The molecule has 0 atom stereocenters. The van der Waals surface area contributed by atoms with E-state index in [4.69, 9.17) is 0 Å². The van der Waals surface area contributed by atoms with Crippen molar-refractivity contribution in [3.8, 4) is 0 Å². The largest absolute Gasteiger partial charge is 0.435 e. The quantitative estimate of drug-likeness (QED) is 0.638. The topological polar surface area (TPSA) is 21.1 Å². The first-order valence-electron chi connectivity index (χ1n) is 4.25. The highest BCUT2D eigenvalue weighted by molar-refractivity contribution is 5.55. The molecule has 14 heavy (non-hydrogen) atoms. The van der Waals surface area contributed by atoms with Crippen LogP contribution in [0.4, 0.5) is 19.0 Å². The Bertz CT molecular complexity index is 367. The van der Waals surface area contributed by atoms with Crippen molar-refractivity contribution in [2.24, 2.45) is 7.05 Å². The molecule has 0 unspecified atom stereocenters. The summed E-state index contributed by atoms with van der Waals surface area (Å²) in [6.45, 7) is 0.629. The Balaban J connectivity index is 2.56. The lowest BCUT2D eigenvalue weighted by Gasteiger charge is -2.11. The number of likely N-dealkylation sites (N-methyl/N-ethyl adjacent to an activating group) is 1. The van der Waals surface area contributed by atoms with Gasteiger partial charge in [0.25, 0.3) is 0 Å². The van der Waals surface area contributed by atoms with Crippen LogP contribution >= 0.6 is 0 Å². The molecular formula is C8H10F3N3. The summed E-state index contributed by atoms with van der Waals surface area (Å²) >= 11 is 0. The summed E-state index contributed by atoms with van der Waals surface area (Å²) in [6, 6.07) is 0. The molecule has 1 aliphatic rings. The van der Waals surface area contributed by atoms with Gasteiger partial charge < -0.3 is 4.90 Å². The molecule has 0 amide bonds. The molecule has 0 spiro atoms. The van der Waals surface area contributed by atoms with Gasteiger partial charge in [-0.15, -0.1) is 0 Å². The first-order chi connectivity index (χ1) is 6.41. The van der Waals surface area contributed by atoms with E-state index in [9.17, 15) is 13.2 Å². The molecule has 0 bridgehead atoms. The lowest BCUT2D eigenvalue weighted by molar-refractivity contribution is -0.142. The van der Waals surface area contributed by atoms with Gasteiger partial charge in [0.1, 0.15) is 5.82 Å². The average molecular weight is 205 g/mol. The Morgan fingerprint density at radius 3 is 2.50 bits per heavy atom. The normalized spacial score (nSPS) is 16.2. The maximum Gasteiger partial charge on any atom is 0.435 e. The average Bonchev–Trinajstić information content (AvgIpc) is 2.54. The van der Waals surface area contributed by atoms with E-state index in [1.807, 2.05) is 0 Å². The van der Waals surface area contributed by atoms with Gasteiger partial charge in [0.2, 0.25) is 0 Å². The third-order valence-corrected chi connectivity index (χ3v) is 2.44. The van der Waals surface area contributed by atoms with Crippen LogP contribution in [0.1, 0.15) is 11.3 Å². The van der Waals surface area contributed by atoms with Crippen molar-refractivity contribution in [2.45, 2.75) is 12.6 Å². The molecule has 0 aliphatic carbocycles. The van der Waals surface area contributed by atoms with Gasteiger partial charge >= 0.3 is 6.18 Å². The molecule has 6 heteroatoms. The van der Waals surface area contributed by atoms with E-state index in [-0.39, 0.29) is 0 Å². The minimum atomic E-state index is -4.34. The fraction of sp³-hybridized carbons (Fsp3) is 0.625. The first kappa shape index (κ1) is 9.36. The van der Waals surface area contributed by atoms with Gasteiger partial charge in [-0.25, -0.2) is 0 Å². The summed E-state index contributed by atoms with van der Waals surface area (Å²) < 4.78 is 38.8. The zero-order valence-corrected chi connectivity index (χ0v) is 7.89. The lowest BCUT2D eigenvalue weighted by atomic mass is 10.2. The van der Waals surface area contributed by atoms with Crippen molar-refractivity contribution in [2.75, 3.05) is 18.5 Å². The van der Waals surface area contributed by atoms with Crippen LogP contribution in [-0.4, -0.2) is 23.4 Å². The number of hydrogen-bond acceptors (Lipinski definition) is 2. The Kier molecular flexibility index (Phi) is 1.77. The van der Waals surface area contributed by atoms with Crippen molar-refractivity contribution in [3.63, 3.8) is 0 Å². The molecule has 1 aliphatic heterocycles. The van der Waals surface area contributed by atoms with E-state index in [2.05, 4.69) is 5.10 Å². The second-order valence-corrected chi connectivity index (χ2v) is 3.44. The Hall–Kier alpha value is -1.20. The number of rotatable bonds is 0. The molecule has 2 rings (SSSR count). The van der Waals surface area contributed by atoms with Gasteiger partial charge in [0.05, 0.1) is 0 Å². The van der Waals surface area contributed by atoms with E-state index < -0.39 is 11.9 Å². The number of aryl methyl sites for hydroxylation is 1. The van der Waals surface area contributed by atoms with Gasteiger partial charge in [0, 0.05) is 26.2 Å². The van der Waals surface area contributed by atoms with Crippen LogP contribution in [0.15, 0.2) is 0 Å². The van der Waals surface area contributed by atoms with Crippen LogP contribution in [0.2, 0.25) is 0 Å². The fourth-order valence-corrected chi connectivity index (χ4v) is 1.88. The summed E-state index contributed by atoms with van der Waals surface area (Å²) in [6.07, 6.45) is -3.91. The van der Waals surface area contributed by atoms with Crippen molar-refractivity contribution in [1.82, 2.24) is 9.78 Å². The van der Waals surface area contributed by atoms with Gasteiger partial charge in [0.15, 0.2) is 5.69 Å². The number of nitrogens with zero attached hydrogens (tertiary/aromatic N) is 3. The number of anilines is 1. The molecule has 78 valence electrons. The lowest BCUT2D eigenvalue weighted by Crippen LogP contribution is -2.17. The molecule has 0 saturated heterocycles. The Morgan fingerprint density at radius 2 is 1.93 bits per heavy atom. The molecular weight excluding hydrogens is 195 g/mol. The van der Waals surface area contributed by atoms with Gasteiger partial charge in [-0.2, -0.15) is 18.3 Å². The minimum absolute atomic E-state index is 0.322. The molecule has 0 saturated carbocycles. The van der Waals surface area contributed by atoms with E-state index in [0.29, 0.717) is 24.3 Å². The van der Waals surface area contributed by atoms with Crippen LogP contribution in [0.25, 0.3) is 0 Å². The maximum absolute atomic E-state index is 12.5. The highest BCUT2D eigenvalue weighted by atomic mass is 19.4. The van der Waals surface area contributed by atoms with Crippen LogP contribution in [0, 0.1) is 0 Å². The van der Waals surface area contributed by atoms with E-state index in [1.165, 1.54) is 11.7 Å². The smallest absolute Gasteiger partial charge is 0.359 e. The van der Waals surface area contributed by atoms with Crippen molar-refractivity contribution in [1.29, 1.82) is 0 Å². The van der Waals surface area contributed by atoms with Gasteiger partial charge in [-0.1, -0.05) is 0 Å². The summed E-state index contributed by atoms with van der Waals surface area (Å²) in [7, 11) is 3.31. The van der Waals surface area contributed by atoms with E-state index in [0.717, 1.165) is 0 Å². The summed E-state index contributed by atoms with van der Waals surface area (Å²) in [5, 5.41) is 3.50. The highest BCUT2D eigenvalue weighted by Crippen LogP contribution is 2.38. The molecule has 1 aromatic heterocycles. The van der Waals surface area contributed by atoms with Crippen LogP contribution < -0.4 is 4.90 Å². The predicted molar refractivity (Wildman–Crippen MR) is 45.2 cm³/mol. The number of fused-ring (bicyclic) bond motifs is 1. The molecule has 0 radical (unpaired) electrons. The number of hydrogen-bond donors (Lipinski definition) is 0. The first-order valence-corrected chi connectivity index (χ1v) is 4.25. The molecule has 2 heterocycles. The zero-order valence-electron chi connectivity index (χ0n) is 7.89. The molecule has 0 aromatic carbocycles. The van der Waals surface area contributed by atoms with Gasteiger partial charge in [-0.05, 0) is 6.42 Å². The van der Waals surface area contributed by atoms with Crippen LogP contribution in [0.5, 0.6) is 0 Å². The number of halogens is 3. The predicted octanol–water partition coefficient (Wildman–Crippen LogP) is 1.43. The molecule has 0 N–H and O–H groups in total. The number of aromatic nitrogens is 2. The summed E-state index contributed by atoms with van der Waals surface area (Å²) in [5.41, 5.74) is -0.415. The standard InChI is InChI=1S/C8H10F3N3/c1-13-4-3-5-6(8(9,10)11)12-14(2)7(5)13/h3-4H2,1-2H3.